The highest BCUT2D eigenvalue weighted by molar-refractivity contribution is 9.10. The average molecular weight is 253 g/mol. The first-order valence-electron chi connectivity index (χ1n) is 4.46. The van der Waals surface area contributed by atoms with Crippen LogP contribution in [0.1, 0.15) is 13.8 Å². The molecular weight excluding hydrogens is 240 g/mol. The van der Waals surface area contributed by atoms with Crippen LogP contribution in [0.2, 0.25) is 0 Å². The minimum Gasteiger partial charge on any atom is -0.370 e. The van der Waals surface area contributed by atoms with Gasteiger partial charge in [0.2, 0.25) is 0 Å². The first-order valence-corrected chi connectivity index (χ1v) is 5.26. The molecule has 1 heterocycles. The van der Waals surface area contributed by atoms with Crippen molar-refractivity contribution in [1.82, 2.24) is 4.98 Å². The van der Waals surface area contributed by atoms with E-state index in [1.807, 2.05) is 6.07 Å². The third-order valence-electron chi connectivity index (χ3n) is 1.87. The van der Waals surface area contributed by atoms with Crippen LogP contribution in [0.5, 0.6) is 0 Å². The Hall–Kier alpha value is -1.01. The van der Waals surface area contributed by atoms with Crippen LogP contribution in [-0.4, -0.2) is 11.0 Å². The smallest absolute Gasteiger partial charge is 0.0897 e. The number of nitrogens with one attached hydrogen (secondary N) is 1. The van der Waals surface area contributed by atoms with Gasteiger partial charge in [0.1, 0.15) is 0 Å². The van der Waals surface area contributed by atoms with Crippen molar-refractivity contribution in [2.75, 3.05) is 5.32 Å². The van der Waals surface area contributed by atoms with E-state index in [1.54, 1.807) is 12.4 Å². The van der Waals surface area contributed by atoms with Crippen LogP contribution < -0.4 is 5.32 Å². The van der Waals surface area contributed by atoms with Gasteiger partial charge < -0.3 is 5.32 Å². The van der Waals surface area contributed by atoms with Crippen molar-refractivity contribution in [1.29, 1.82) is 0 Å². The Balaban J connectivity index is 2.73. The maximum atomic E-state index is 5.41. The summed E-state index contributed by atoms with van der Waals surface area (Å²) < 4.78 is 0.946. The number of nitrogens with zero attached hydrogens (tertiary/aromatic N) is 1. The third-order valence-corrected chi connectivity index (χ3v) is 2.31. The summed E-state index contributed by atoms with van der Waals surface area (Å²) in [6, 6.07) is 2.01. The summed E-state index contributed by atoms with van der Waals surface area (Å²) in [4.78, 5) is 4.05. The fourth-order valence-corrected chi connectivity index (χ4v) is 1.44. The molecular formula is C11H13BrN2. The molecule has 0 aromatic carbocycles. The van der Waals surface area contributed by atoms with Crippen LogP contribution >= 0.6 is 15.9 Å². The molecule has 0 aliphatic rings. The lowest BCUT2D eigenvalue weighted by atomic mass is 10.1. The second-order valence-electron chi connectivity index (χ2n) is 3.42. The Morgan fingerprint density at radius 3 is 2.71 bits per heavy atom. The number of hydrogen-bond donors (Lipinski definition) is 1. The largest absolute Gasteiger partial charge is 0.370 e. The van der Waals surface area contributed by atoms with Gasteiger partial charge in [-0.15, -0.1) is 6.42 Å². The molecule has 1 aromatic heterocycles. The molecule has 1 rings (SSSR count). The predicted octanol–water partition coefficient (Wildman–Crippen LogP) is 2.91. The lowest BCUT2D eigenvalue weighted by Gasteiger charge is -2.17. The van der Waals surface area contributed by atoms with Crippen LogP contribution in [0.15, 0.2) is 22.9 Å². The van der Waals surface area contributed by atoms with Gasteiger partial charge in [-0.05, 0) is 27.9 Å². The summed E-state index contributed by atoms with van der Waals surface area (Å²) >= 11 is 3.36. The second kappa shape index (κ2) is 5.02. The first kappa shape index (κ1) is 11.1. The Morgan fingerprint density at radius 1 is 1.50 bits per heavy atom. The number of rotatable bonds is 3. The quantitative estimate of drug-likeness (QED) is 0.838. The molecule has 1 unspecified atom stereocenters. The minimum atomic E-state index is 0.0473. The van der Waals surface area contributed by atoms with Gasteiger partial charge in [0.15, 0.2) is 0 Å². The molecule has 74 valence electrons. The topological polar surface area (TPSA) is 24.9 Å². The van der Waals surface area contributed by atoms with E-state index < -0.39 is 0 Å². The first-order chi connectivity index (χ1) is 6.63. The summed E-state index contributed by atoms with van der Waals surface area (Å²) in [7, 11) is 0. The van der Waals surface area contributed by atoms with Crippen molar-refractivity contribution >= 4 is 21.6 Å². The molecule has 0 saturated heterocycles. The highest BCUT2D eigenvalue weighted by Gasteiger charge is 2.09. The number of terminal acetylenes is 1. The Bertz CT molecular complexity index is 341. The zero-order valence-electron chi connectivity index (χ0n) is 8.29. The normalized spacial score (nSPS) is 12.2. The molecule has 0 aliphatic heterocycles. The van der Waals surface area contributed by atoms with E-state index in [-0.39, 0.29) is 6.04 Å². The van der Waals surface area contributed by atoms with Gasteiger partial charge in [-0.2, -0.15) is 0 Å². The summed E-state index contributed by atoms with van der Waals surface area (Å²) in [6.07, 6.45) is 8.92. The van der Waals surface area contributed by atoms with Gasteiger partial charge in [0.05, 0.1) is 17.9 Å². The molecule has 14 heavy (non-hydrogen) atoms. The SMILES string of the molecule is C#CC(Nc1cncc(Br)c1)C(C)C. The van der Waals surface area contributed by atoms with Crippen LogP contribution in [-0.2, 0) is 0 Å². The molecule has 0 bridgehead atoms. The zero-order valence-corrected chi connectivity index (χ0v) is 9.88. The number of hydrogen-bond acceptors (Lipinski definition) is 2. The lowest BCUT2D eigenvalue weighted by molar-refractivity contribution is 0.614. The molecule has 1 aromatic rings. The van der Waals surface area contributed by atoms with Crippen LogP contribution in [0.3, 0.4) is 0 Å². The van der Waals surface area contributed by atoms with Crippen molar-refractivity contribution in [3.05, 3.63) is 22.9 Å². The van der Waals surface area contributed by atoms with Gasteiger partial charge in [-0.25, -0.2) is 0 Å². The molecule has 0 amide bonds. The van der Waals surface area contributed by atoms with Crippen LogP contribution in [0.25, 0.3) is 0 Å². The number of pyridine rings is 1. The van der Waals surface area contributed by atoms with E-state index in [0.29, 0.717) is 5.92 Å². The van der Waals surface area contributed by atoms with E-state index >= 15 is 0 Å². The zero-order chi connectivity index (χ0) is 10.6. The molecule has 0 spiro atoms. The van der Waals surface area contributed by atoms with Crippen LogP contribution in [0, 0.1) is 18.3 Å². The molecule has 2 nitrogen and oxygen atoms in total. The van der Waals surface area contributed by atoms with Crippen molar-refractivity contribution in [3.8, 4) is 12.3 Å². The summed E-state index contributed by atoms with van der Waals surface area (Å²) in [6.45, 7) is 4.17. The number of halogens is 1. The highest BCUT2D eigenvalue weighted by atomic mass is 79.9. The highest BCUT2D eigenvalue weighted by Crippen LogP contribution is 2.16. The Morgan fingerprint density at radius 2 is 2.21 bits per heavy atom. The number of aromatic nitrogens is 1. The van der Waals surface area contributed by atoms with E-state index in [2.05, 4.69) is 46.0 Å². The molecule has 1 N–H and O–H groups in total. The standard InChI is InChI=1S/C11H13BrN2/c1-4-11(8(2)3)14-10-5-9(12)6-13-7-10/h1,5-8,11,14H,2-3H3. The van der Waals surface area contributed by atoms with Crippen molar-refractivity contribution in [2.24, 2.45) is 5.92 Å². The molecule has 0 saturated carbocycles. The number of anilines is 1. The van der Waals surface area contributed by atoms with Crippen LogP contribution in [0.4, 0.5) is 5.69 Å². The van der Waals surface area contributed by atoms with Gasteiger partial charge in [-0.1, -0.05) is 19.8 Å². The van der Waals surface area contributed by atoms with E-state index in [4.69, 9.17) is 6.42 Å². The van der Waals surface area contributed by atoms with E-state index in [9.17, 15) is 0 Å². The minimum absolute atomic E-state index is 0.0473. The predicted molar refractivity (Wildman–Crippen MR) is 63.0 cm³/mol. The third kappa shape index (κ3) is 3.04. The maximum Gasteiger partial charge on any atom is 0.0897 e. The van der Waals surface area contributed by atoms with E-state index in [1.165, 1.54) is 0 Å². The van der Waals surface area contributed by atoms with Gasteiger partial charge in [0, 0.05) is 10.7 Å². The monoisotopic (exact) mass is 252 g/mol. The summed E-state index contributed by atoms with van der Waals surface area (Å²) in [5, 5.41) is 3.24. The Kier molecular flexibility index (Phi) is 3.97. The van der Waals surface area contributed by atoms with Gasteiger partial charge in [0.25, 0.3) is 0 Å². The fourth-order valence-electron chi connectivity index (χ4n) is 1.07. The second-order valence-corrected chi connectivity index (χ2v) is 4.34. The molecule has 0 fully saturated rings. The lowest BCUT2D eigenvalue weighted by Crippen LogP contribution is -2.23. The summed E-state index contributed by atoms with van der Waals surface area (Å²) in [5.41, 5.74) is 0.941. The van der Waals surface area contributed by atoms with E-state index in [0.717, 1.165) is 10.2 Å². The summed E-state index contributed by atoms with van der Waals surface area (Å²) in [5.74, 6) is 3.12. The fraction of sp³-hybridized carbons (Fsp3) is 0.364. The maximum absolute atomic E-state index is 5.41. The van der Waals surface area contributed by atoms with Crippen molar-refractivity contribution in [3.63, 3.8) is 0 Å². The molecule has 0 aliphatic carbocycles. The average Bonchev–Trinajstić information content (AvgIpc) is 2.14. The molecule has 3 heteroatoms. The molecule has 1 atom stereocenters. The van der Waals surface area contributed by atoms with Crippen molar-refractivity contribution < 1.29 is 0 Å². The van der Waals surface area contributed by atoms with Crippen molar-refractivity contribution in [2.45, 2.75) is 19.9 Å². The Labute approximate surface area is 93.3 Å². The van der Waals surface area contributed by atoms with Gasteiger partial charge >= 0.3 is 0 Å². The van der Waals surface area contributed by atoms with Gasteiger partial charge in [-0.3, -0.25) is 4.98 Å². The molecule has 0 radical (unpaired) electrons.